The number of aryl methyl sites for hydroxylation is 1. The molecule has 0 aliphatic heterocycles. The van der Waals surface area contributed by atoms with Crippen molar-refractivity contribution in [2.75, 3.05) is 0 Å². The highest BCUT2D eigenvalue weighted by Crippen LogP contribution is 2.22. The van der Waals surface area contributed by atoms with Crippen LogP contribution in [-0.4, -0.2) is 12.7 Å². The Morgan fingerprint density at radius 1 is 1.67 bits per heavy atom. The standard InChI is InChI=1S/C5H6BO2S/c1-4-2-3-5(9-4)8-6-7/h2-3,7H,1H3. The van der Waals surface area contributed by atoms with Gasteiger partial charge in [-0.2, -0.15) is 0 Å². The van der Waals surface area contributed by atoms with Crippen molar-refractivity contribution in [1.82, 2.24) is 0 Å². The number of hydrogen-bond donors (Lipinski definition) is 1. The lowest BCUT2D eigenvalue weighted by Crippen LogP contribution is -1.97. The smallest absolute Gasteiger partial charge is 0.530 e. The summed E-state index contributed by atoms with van der Waals surface area (Å²) in [4.78, 5) is 1.17. The second-order valence-electron chi connectivity index (χ2n) is 1.59. The molecule has 1 rings (SSSR count). The van der Waals surface area contributed by atoms with Crippen LogP contribution in [0.25, 0.3) is 0 Å². The Bertz CT molecular complexity index is 187. The van der Waals surface area contributed by atoms with E-state index in [0.717, 1.165) is 5.06 Å². The Hall–Kier alpha value is -0.475. The fourth-order valence-corrected chi connectivity index (χ4v) is 1.21. The summed E-state index contributed by atoms with van der Waals surface area (Å²) in [6.07, 6.45) is 0. The predicted octanol–water partition coefficient (Wildman–Crippen LogP) is 0.962. The van der Waals surface area contributed by atoms with Crippen molar-refractivity contribution in [3.8, 4) is 5.06 Å². The van der Waals surface area contributed by atoms with Crippen LogP contribution in [0.4, 0.5) is 0 Å². The van der Waals surface area contributed by atoms with Gasteiger partial charge in [0.05, 0.1) is 0 Å². The lowest BCUT2D eigenvalue weighted by atomic mass is 10.4. The highest BCUT2D eigenvalue weighted by Gasteiger charge is 1.95. The molecule has 0 amide bonds. The van der Waals surface area contributed by atoms with E-state index in [1.54, 1.807) is 0 Å². The van der Waals surface area contributed by atoms with Gasteiger partial charge in [-0.1, -0.05) is 0 Å². The summed E-state index contributed by atoms with van der Waals surface area (Å²) in [7, 11) is 0.686. The van der Waals surface area contributed by atoms with Crippen molar-refractivity contribution in [2.24, 2.45) is 0 Å². The molecule has 0 aliphatic carbocycles. The van der Waals surface area contributed by atoms with Gasteiger partial charge in [0.25, 0.3) is 0 Å². The maximum absolute atomic E-state index is 8.19. The first-order chi connectivity index (χ1) is 4.33. The van der Waals surface area contributed by atoms with E-state index in [9.17, 15) is 0 Å². The van der Waals surface area contributed by atoms with E-state index in [4.69, 9.17) is 5.02 Å². The van der Waals surface area contributed by atoms with Gasteiger partial charge >= 0.3 is 7.69 Å². The zero-order valence-electron chi connectivity index (χ0n) is 5.00. The fourth-order valence-electron chi connectivity index (χ4n) is 0.527. The normalized spacial score (nSPS) is 9.11. The van der Waals surface area contributed by atoms with Gasteiger partial charge in [-0.3, -0.25) is 0 Å². The summed E-state index contributed by atoms with van der Waals surface area (Å²) >= 11 is 1.50. The Balaban J connectivity index is 2.61. The van der Waals surface area contributed by atoms with Gasteiger partial charge < -0.3 is 9.68 Å². The van der Waals surface area contributed by atoms with E-state index in [-0.39, 0.29) is 0 Å². The zero-order chi connectivity index (χ0) is 6.69. The summed E-state index contributed by atoms with van der Waals surface area (Å²) < 4.78 is 4.68. The van der Waals surface area contributed by atoms with E-state index in [2.05, 4.69) is 4.65 Å². The van der Waals surface area contributed by atoms with Crippen LogP contribution in [0, 0.1) is 6.92 Å². The maximum atomic E-state index is 8.19. The summed E-state index contributed by atoms with van der Waals surface area (Å²) in [6, 6.07) is 3.75. The molecule has 1 aromatic rings. The van der Waals surface area contributed by atoms with Crippen LogP contribution in [0.15, 0.2) is 12.1 Å². The SMILES string of the molecule is Cc1ccc(O[B]O)s1. The molecule has 9 heavy (non-hydrogen) atoms. The first-order valence-electron chi connectivity index (χ1n) is 2.52. The Kier molecular flexibility index (Phi) is 2.13. The Labute approximate surface area is 58.4 Å². The molecule has 0 fully saturated rings. The molecule has 1 aromatic heterocycles. The van der Waals surface area contributed by atoms with Crippen molar-refractivity contribution in [3.05, 3.63) is 17.0 Å². The van der Waals surface area contributed by atoms with Crippen molar-refractivity contribution in [2.45, 2.75) is 6.92 Å². The second kappa shape index (κ2) is 2.89. The van der Waals surface area contributed by atoms with Gasteiger partial charge in [0, 0.05) is 4.88 Å². The quantitative estimate of drug-likeness (QED) is 0.621. The van der Waals surface area contributed by atoms with Crippen molar-refractivity contribution < 1.29 is 9.68 Å². The molecule has 0 atom stereocenters. The molecule has 4 heteroatoms. The van der Waals surface area contributed by atoms with Gasteiger partial charge in [-0.15, -0.1) is 11.3 Å². The molecule has 0 saturated carbocycles. The van der Waals surface area contributed by atoms with Crippen LogP contribution >= 0.6 is 11.3 Å². The third-order valence-corrected chi connectivity index (χ3v) is 1.78. The molecule has 0 unspecified atom stereocenters. The van der Waals surface area contributed by atoms with Crippen molar-refractivity contribution in [3.63, 3.8) is 0 Å². The number of rotatable bonds is 2. The van der Waals surface area contributed by atoms with Crippen LogP contribution in [0.3, 0.4) is 0 Å². The van der Waals surface area contributed by atoms with Crippen molar-refractivity contribution in [1.29, 1.82) is 0 Å². The zero-order valence-corrected chi connectivity index (χ0v) is 5.81. The summed E-state index contributed by atoms with van der Waals surface area (Å²) in [5, 5.41) is 8.91. The predicted molar refractivity (Wildman–Crippen MR) is 37.7 cm³/mol. The van der Waals surface area contributed by atoms with E-state index in [1.165, 1.54) is 16.2 Å². The highest BCUT2D eigenvalue weighted by molar-refractivity contribution is 7.13. The van der Waals surface area contributed by atoms with E-state index in [1.807, 2.05) is 19.1 Å². The minimum atomic E-state index is 0.686. The summed E-state index contributed by atoms with van der Waals surface area (Å²) in [5.41, 5.74) is 0. The van der Waals surface area contributed by atoms with Crippen LogP contribution in [0.2, 0.25) is 0 Å². The molecule has 0 spiro atoms. The molecule has 1 heterocycles. The lowest BCUT2D eigenvalue weighted by molar-refractivity contribution is 0.461. The van der Waals surface area contributed by atoms with Crippen LogP contribution in [0.5, 0.6) is 5.06 Å². The minimum Gasteiger partial charge on any atom is -0.530 e. The lowest BCUT2D eigenvalue weighted by Gasteiger charge is -1.91. The maximum Gasteiger partial charge on any atom is 0.569 e. The largest absolute Gasteiger partial charge is 0.569 e. The van der Waals surface area contributed by atoms with Gasteiger partial charge in [-0.05, 0) is 19.1 Å². The summed E-state index contributed by atoms with van der Waals surface area (Å²) in [6.45, 7) is 1.98. The van der Waals surface area contributed by atoms with Crippen LogP contribution in [-0.2, 0) is 0 Å². The Morgan fingerprint density at radius 2 is 2.44 bits per heavy atom. The van der Waals surface area contributed by atoms with Gasteiger partial charge in [0.1, 0.15) is 0 Å². The average Bonchev–Trinajstić information content (AvgIpc) is 2.17. The van der Waals surface area contributed by atoms with E-state index >= 15 is 0 Å². The average molecular weight is 141 g/mol. The molecule has 0 aromatic carbocycles. The first-order valence-corrected chi connectivity index (χ1v) is 3.33. The molecule has 1 N–H and O–H groups in total. The molecule has 0 saturated heterocycles. The number of hydrogen-bond acceptors (Lipinski definition) is 3. The number of thiophene rings is 1. The molecular formula is C5H6BO2S. The van der Waals surface area contributed by atoms with Crippen molar-refractivity contribution >= 4 is 19.0 Å². The third-order valence-electron chi connectivity index (χ3n) is 0.885. The molecule has 1 radical (unpaired) electrons. The Morgan fingerprint density at radius 3 is 2.89 bits per heavy atom. The molecule has 2 nitrogen and oxygen atoms in total. The van der Waals surface area contributed by atoms with Gasteiger partial charge in [0.15, 0.2) is 5.06 Å². The fraction of sp³-hybridized carbons (Fsp3) is 0.200. The first kappa shape index (κ1) is 6.64. The second-order valence-corrected chi connectivity index (χ2v) is 2.84. The van der Waals surface area contributed by atoms with Crippen LogP contribution < -0.4 is 4.65 Å². The van der Waals surface area contributed by atoms with Gasteiger partial charge in [-0.25, -0.2) is 0 Å². The topological polar surface area (TPSA) is 29.5 Å². The van der Waals surface area contributed by atoms with E-state index < -0.39 is 0 Å². The van der Waals surface area contributed by atoms with Gasteiger partial charge in [0.2, 0.25) is 0 Å². The third kappa shape index (κ3) is 1.73. The van der Waals surface area contributed by atoms with Crippen LogP contribution in [0.1, 0.15) is 4.88 Å². The molecule has 0 bridgehead atoms. The summed E-state index contributed by atoms with van der Waals surface area (Å²) in [5.74, 6) is 0. The molecule has 0 aliphatic rings. The molecule has 47 valence electrons. The molecular weight excluding hydrogens is 135 g/mol. The monoisotopic (exact) mass is 141 g/mol. The minimum absolute atomic E-state index is 0.686. The highest BCUT2D eigenvalue weighted by atomic mass is 32.1. The van der Waals surface area contributed by atoms with E-state index in [0.29, 0.717) is 7.69 Å².